The average Bonchev–Trinajstić information content (AvgIpc) is 2.46. The van der Waals surface area contributed by atoms with E-state index in [4.69, 9.17) is 11.0 Å². The van der Waals surface area contributed by atoms with Crippen molar-refractivity contribution < 1.29 is 0 Å². The number of nitrogens with two attached hydrogens (primary N) is 1. The lowest BCUT2D eigenvalue weighted by molar-refractivity contribution is 0.519. The summed E-state index contributed by atoms with van der Waals surface area (Å²) in [4.78, 5) is 1.31. The molecule has 0 aromatic heterocycles. The molecule has 0 aliphatic heterocycles. The largest absolute Gasteiger partial charge is 0.314 e. The number of nitriles is 1. The molecule has 0 aliphatic rings. The van der Waals surface area contributed by atoms with Gasteiger partial charge < -0.3 is 5.73 Å². The summed E-state index contributed by atoms with van der Waals surface area (Å²) in [7, 11) is 0. The summed E-state index contributed by atoms with van der Waals surface area (Å²) in [6.07, 6.45) is 2.86. The van der Waals surface area contributed by atoms with Crippen LogP contribution in [0.25, 0.3) is 10.8 Å². The quantitative estimate of drug-likeness (QED) is 0.634. The predicted octanol–water partition coefficient (Wildman–Crippen LogP) is 4.34. The zero-order valence-corrected chi connectivity index (χ0v) is 12.6. The van der Waals surface area contributed by atoms with Crippen molar-refractivity contribution in [1.29, 1.82) is 5.26 Å². The van der Waals surface area contributed by atoms with Gasteiger partial charge in [-0.25, -0.2) is 0 Å². The first-order valence-electron chi connectivity index (χ1n) is 6.92. The molecule has 0 aliphatic carbocycles. The monoisotopic (exact) mass is 284 g/mol. The molecule has 1 atom stereocenters. The van der Waals surface area contributed by atoms with Crippen LogP contribution >= 0.6 is 11.8 Å². The van der Waals surface area contributed by atoms with Crippen LogP contribution in [0.1, 0.15) is 26.2 Å². The number of fused-ring (bicyclic) bond motifs is 1. The van der Waals surface area contributed by atoms with Gasteiger partial charge in [0, 0.05) is 4.90 Å². The van der Waals surface area contributed by atoms with Gasteiger partial charge in [-0.1, -0.05) is 30.3 Å². The second kappa shape index (κ2) is 6.78. The van der Waals surface area contributed by atoms with Crippen molar-refractivity contribution in [3.63, 3.8) is 0 Å². The fourth-order valence-corrected chi connectivity index (χ4v) is 3.06. The maximum absolute atomic E-state index is 8.85. The van der Waals surface area contributed by atoms with Crippen molar-refractivity contribution in [3.8, 4) is 6.07 Å². The first-order chi connectivity index (χ1) is 9.61. The van der Waals surface area contributed by atoms with E-state index in [1.807, 2.05) is 11.8 Å². The fourth-order valence-electron chi connectivity index (χ4n) is 2.10. The maximum Gasteiger partial charge on any atom is 0.101 e. The molecule has 2 nitrogen and oxygen atoms in total. The topological polar surface area (TPSA) is 49.8 Å². The number of nitrogens with zero attached hydrogens (tertiary/aromatic N) is 1. The van der Waals surface area contributed by atoms with Crippen molar-refractivity contribution in [1.82, 2.24) is 0 Å². The lowest BCUT2D eigenvalue weighted by Crippen LogP contribution is -2.33. The van der Waals surface area contributed by atoms with E-state index < -0.39 is 5.54 Å². The van der Waals surface area contributed by atoms with Crippen LogP contribution in [-0.2, 0) is 0 Å². The van der Waals surface area contributed by atoms with E-state index in [0.717, 1.165) is 25.0 Å². The van der Waals surface area contributed by atoms with Crippen molar-refractivity contribution in [2.75, 3.05) is 5.75 Å². The first-order valence-corrected chi connectivity index (χ1v) is 7.91. The van der Waals surface area contributed by atoms with Gasteiger partial charge in [0.2, 0.25) is 0 Å². The van der Waals surface area contributed by atoms with Gasteiger partial charge in [-0.05, 0) is 54.8 Å². The molecular formula is C17H20N2S. The van der Waals surface area contributed by atoms with Crippen molar-refractivity contribution in [2.45, 2.75) is 36.6 Å². The van der Waals surface area contributed by atoms with Gasteiger partial charge in [-0.15, -0.1) is 11.8 Å². The van der Waals surface area contributed by atoms with E-state index in [0.29, 0.717) is 0 Å². The number of benzene rings is 2. The number of thioether (sulfide) groups is 1. The molecule has 1 unspecified atom stereocenters. The minimum atomic E-state index is -0.673. The van der Waals surface area contributed by atoms with Gasteiger partial charge in [0.15, 0.2) is 0 Å². The summed E-state index contributed by atoms with van der Waals surface area (Å²) in [5.41, 5.74) is 5.13. The second-order valence-electron chi connectivity index (χ2n) is 5.34. The molecular weight excluding hydrogens is 264 g/mol. The average molecular weight is 284 g/mol. The zero-order chi connectivity index (χ0) is 14.4. The number of hydrogen-bond donors (Lipinski definition) is 1. The van der Waals surface area contributed by atoms with E-state index in [-0.39, 0.29) is 0 Å². The summed E-state index contributed by atoms with van der Waals surface area (Å²) in [6, 6.07) is 17.1. The Balaban J connectivity index is 1.80. The molecule has 0 saturated carbocycles. The van der Waals surface area contributed by atoms with Crippen LogP contribution in [0, 0.1) is 11.3 Å². The highest BCUT2D eigenvalue weighted by atomic mass is 32.2. The highest BCUT2D eigenvalue weighted by Gasteiger charge is 2.15. The van der Waals surface area contributed by atoms with Crippen LogP contribution < -0.4 is 5.73 Å². The van der Waals surface area contributed by atoms with Crippen LogP contribution in [0.3, 0.4) is 0 Å². The molecule has 2 N–H and O–H groups in total. The molecule has 0 amide bonds. The minimum Gasteiger partial charge on any atom is -0.314 e. The fraction of sp³-hybridized carbons (Fsp3) is 0.353. The Bertz CT molecular complexity index is 614. The number of unbranched alkanes of at least 4 members (excludes halogenated alkanes) is 1. The minimum absolute atomic E-state index is 0.673. The zero-order valence-electron chi connectivity index (χ0n) is 11.8. The summed E-state index contributed by atoms with van der Waals surface area (Å²) < 4.78 is 0. The third-order valence-corrected chi connectivity index (χ3v) is 4.42. The van der Waals surface area contributed by atoms with Crippen LogP contribution in [0.15, 0.2) is 47.4 Å². The highest BCUT2D eigenvalue weighted by molar-refractivity contribution is 7.99. The van der Waals surface area contributed by atoms with Crippen LogP contribution in [0.4, 0.5) is 0 Å². The lowest BCUT2D eigenvalue weighted by atomic mass is 9.99. The summed E-state index contributed by atoms with van der Waals surface area (Å²) in [6.45, 7) is 1.80. The first kappa shape index (κ1) is 14.9. The summed E-state index contributed by atoms with van der Waals surface area (Å²) >= 11 is 1.87. The number of hydrogen-bond acceptors (Lipinski definition) is 3. The molecule has 0 heterocycles. The van der Waals surface area contributed by atoms with Gasteiger partial charge in [-0.3, -0.25) is 0 Å². The summed E-state index contributed by atoms with van der Waals surface area (Å²) in [5.74, 6) is 1.07. The van der Waals surface area contributed by atoms with Crippen molar-refractivity contribution in [2.24, 2.45) is 5.73 Å². The van der Waals surface area contributed by atoms with Gasteiger partial charge in [0.1, 0.15) is 5.54 Å². The summed E-state index contributed by atoms with van der Waals surface area (Å²) in [5, 5.41) is 11.4. The molecule has 0 radical (unpaired) electrons. The third-order valence-electron chi connectivity index (χ3n) is 3.34. The van der Waals surface area contributed by atoms with Gasteiger partial charge >= 0.3 is 0 Å². The van der Waals surface area contributed by atoms with Crippen molar-refractivity contribution in [3.05, 3.63) is 42.5 Å². The van der Waals surface area contributed by atoms with E-state index in [2.05, 4.69) is 48.5 Å². The SMILES string of the molecule is CC(N)(C#N)CCCCSc1ccc2ccccc2c1. The van der Waals surface area contributed by atoms with Crippen LogP contribution in [0.2, 0.25) is 0 Å². The van der Waals surface area contributed by atoms with Crippen LogP contribution in [-0.4, -0.2) is 11.3 Å². The molecule has 104 valence electrons. The Morgan fingerprint density at radius 3 is 2.65 bits per heavy atom. The number of rotatable bonds is 6. The third kappa shape index (κ3) is 4.26. The molecule has 2 aromatic rings. The Hall–Kier alpha value is -1.50. The van der Waals surface area contributed by atoms with Crippen LogP contribution in [0.5, 0.6) is 0 Å². The molecule has 0 saturated heterocycles. The molecule has 20 heavy (non-hydrogen) atoms. The second-order valence-corrected chi connectivity index (χ2v) is 6.51. The van der Waals surface area contributed by atoms with E-state index in [1.165, 1.54) is 15.7 Å². The van der Waals surface area contributed by atoms with Gasteiger partial charge in [0.05, 0.1) is 6.07 Å². The molecule has 0 bridgehead atoms. The van der Waals surface area contributed by atoms with E-state index in [9.17, 15) is 0 Å². The van der Waals surface area contributed by atoms with Crippen molar-refractivity contribution >= 4 is 22.5 Å². The Morgan fingerprint density at radius 2 is 1.90 bits per heavy atom. The maximum atomic E-state index is 8.85. The molecule has 0 spiro atoms. The molecule has 2 rings (SSSR count). The molecule has 0 fully saturated rings. The Morgan fingerprint density at radius 1 is 1.15 bits per heavy atom. The van der Waals surface area contributed by atoms with E-state index in [1.54, 1.807) is 6.92 Å². The highest BCUT2D eigenvalue weighted by Crippen LogP contribution is 2.24. The van der Waals surface area contributed by atoms with E-state index >= 15 is 0 Å². The molecule has 2 aromatic carbocycles. The lowest BCUT2D eigenvalue weighted by Gasteiger charge is -2.14. The predicted molar refractivity (Wildman–Crippen MR) is 86.7 cm³/mol. The Kier molecular flexibility index (Phi) is 5.05. The molecule has 3 heteroatoms. The van der Waals surface area contributed by atoms with Gasteiger partial charge in [0.25, 0.3) is 0 Å². The van der Waals surface area contributed by atoms with Gasteiger partial charge in [-0.2, -0.15) is 5.26 Å². The Labute approximate surface area is 125 Å². The smallest absolute Gasteiger partial charge is 0.101 e. The standard InChI is InChI=1S/C17H20N2S/c1-17(19,13-18)10-4-5-11-20-16-9-8-14-6-2-3-7-15(14)12-16/h2-3,6-9,12H,4-5,10-11,19H2,1H3. The normalized spacial score (nSPS) is 13.8.